The molecule has 0 saturated carbocycles. The van der Waals surface area contributed by atoms with Gasteiger partial charge in [0.25, 0.3) is 0 Å². The lowest BCUT2D eigenvalue weighted by Gasteiger charge is -2.18. The minimum atomic E-state index is 0.214. The molecule has 0 aromatic carbocycles. The van der Waals surface area contributed by atoms with E-state index in [2.05, 4.69) is 39.2 Å². The number of hydrogen-bond acceptors (Lipinski definition) is 8. The van der Waals surface area contributed by atoms with Gasteiger partial charge in [-0.05, 0) is 73.7 Å². The normalized spacial score (nSPS) is 20.8. The summed E-state index contributed by atoms with van der Waals surface area (Å²) in [5, 5.41) is 14.4. The molecule has 2 unspecified atom stereocenters. The molecule has 166 valence electrons. The van der Waals surface area contributed by atoms with Crippen LogP contribution in [0.2, 0.25) is 0 Å². The Morgan fingerprint density at radius 1 is 1.25 bits per heavy atom. The lowest BCUT2D eigenvalue weighted by Crippen LogP contribution is -2.16. The third-order valence-corrected chi connectivity index (χ3v) is 9.28. The molecule has 2 aliphatic rings. The molecule has 32 heavy (non-hydrogen) atoms. The second-order valence-electron chi connectivity index (χ2n) is 8.74. The topological polar surface area (TPSA) is 65.7 Å². The fourth-order valence-electron chi connectivity index (χ4n) is 4.68. The average molecular weight is 484 g/mol. The van der Waals surface area contributed by atoms with Gasteiger partial charge in [0.1, 0.15) is 15.7 Å². The van der Waals surface area contributed by atoms with Gasteiger partial charge in [0.05, 0.1) is 17.5 Å². The number of ether oxygens (including phenoxy) is 1. The van der Waals surface area contributed by atoms with E-state index in [4.69, 9.17) is 14.7 Å². The Morgan fingerprint density at radius 2 is 2.19 bits per heavy atom. The SMILES string of the molecule is Cc1nc(Sc2nnc(-c3cccs3)n2CC2CCCO2)c2c3c(sc2n1)CC(C)CC3. The second-order valence-corrected chi connectivity index (χ2v) is 11.7. The van der Waals surface area contributed by atoms with Crippen LogP contribution in [-0.2, 0) is 24.1 Å². The van der Waals surface area contributed by atoms with Gasteiger partial charge < -0.3 is 4.74 Å². The molecule has 6 rings (SSSR count). The van der Waals surface area contributed by atoms with Gasteiger partial charge in [0.2, 0.25) is 0 Å². The maximum atomic E-state index is 5.96. The summed E-state index contributed by atoms with van der Waals surface area (Å²) < 4.78 is 8.19. The highest BCUT2D eigenvalue weighted by molar-refractivity contribution is 7.99. The number of thiophene rings is 2. The quantitative estimate of drug-likeness (QED) is 0.336. The molecule has 1 aliphatic carbocycles. The summed E-state index contributed by atoms with van der Waals surface area (Å²) >= 11 is 5.18. The van der Waals surface area contributed by atoms with E-state index in [9.17, 15) is 0 Å². The van der Waals surface area contributed by atoms with Crippen molar-refractivity contribution in [3.63, 3.8) is 0 Å². The highest BCUT2D eigenvalue weighted by Gasteiger charge is 2.27. The maximum absolute atomic E-state index is 5.96. The molecule has 1 fully saturated rings. The summed E-state index contributed by atoms with van der Waals surface area (Å²) in [7, 11) is 0. The summed E-state index contributed by atoms with van der Waals surface area (Å²) in [6.07, 6.45) is 5.91. The van der Waals surface area contributed by atoms with Crippen LogP contribution >= 0.6 is 34.4 Å². The van der Waals surface area contributed by atoms with Crippen molar-refractivity contribution in [2.24, 2.45) is 5.92 Å². The minimum Gasteiger partial charge on any atom is -0.376 e. The van der Waals surface area contributed by atoms with Crippen molar-refractivity contribution in [3.8, 4) is 10.7 Å². The minimum absolute atomic E-state index is 0.214. The highest BCUT2D eigenvalue weighted by atomic mass is 32.2. The molecule has 0 amide bonds. The number of nitrogens with zero attached hydrogens (tertiary/aromatic N) is 5. The molecule has 0 N–H and O–H groups in total. The van der Waals surface area contributed by atoms with Crippen LogP contribution in [0.25, 0.3) is 20.9 Å². The van der Waals surface area contributed by atoms with E-state index in [1.54, 1.807) is 23.1 Å². The molecule has 0 radical (unpaired) electrons. The summed E-state index contributed by atoms with van der Waals surface area (Å²) in [5.41, 5.74) is 1.45. The van der Waals surface area contributed by atoms with Gasteiger partial charge in [0, 0.05) is 16.9 Å². The van der Waals surface area contributed by atoms with E-state index >= 15 is 0 Å². The van der Waals surface area contributed by atoms with Crippen LogP contribution in [0.1, 0.15) is 42.5 Å². The van der Waals surface area contributed by atoms with Crippen LogP contribution in [0.3, 0.4) is 0 Å². The number of aromatic nitrogens is 5. The second kappa shape index (κ2) is 8.52. The number of aryl methyl sites for hydroxylation is 2. The number of rotatable bonds is 5. The van der Waals surface area contributed by atoms with E-state index in [-0.39, 0.29) is 6.10 Å². The Morgan fingerprint density at radius 3 is 3.00 bits per heavy atom. The van der Waals surface area contributed by atoms with Crippen molar-refractivity contribution in [1.82, 2.24) is 24.7 Å². The van der Waals surface area contributed by atoms with E-state index in [0.717, 1.165) is 76.3 Å². The lowest BCUT2D eigenvalue weighted by molar-refractivity contribution is 0.0953. The average Bonchev–Trinajstić information content (AvgIpc) is 3.55. The van der Waals surface area contributed by atoms with Crippen LogP contribution in [0, 0.1) is 12.8 Å². The third-order valence-electron chi connectivity index (χ3n) is 6.29. The van der Waals surface area contributed by atoms with Gasteiger partial charge in [-0.3, -0.25) is 4.57 Å². The zero-order chi connectivity index (χ0) is 21.7. The predicted molar refractivity (Wildman–Crippen MR) is 130 cm³/mol. The smallest absolute Gasteiger partial charge is 0.197 e. The lowest BCUT2D eigenvalue weighted by atomic mass is 9.89. The molecule has 0 bridgehead atoms. The monoisotopic (exact) mass is 483 g/mol. The molecule has 6 nitrogen and oxygen atoms in total. The first-order chi connectivity index (χ1) is 15.7. The van der Waals surface area contributed by atoms with Gasteiger partial charge in [-0.1, -0.05) is 13.0 Å². The molecule has 9 heteroatoms. The molecule has 4 aromatic heterocycles. The zero-order valence-electron chi connectivity index (χ0n) is 18.2. The van der Waals surface area contributed by atoms with Crippen LogP contribution in [-0.4, -0.2) is 37.4 Å². The first kappa shape index (κ1) is 20.8. The Kier molecular flexibility index (Phi) is 5.53. The molecule has 1 saturated heterocycles. The molecule has 5 heterocycles. The van der Waals surface area contributed by atoms with Crippen molar-refractivity contribution in [2.45, 2.75) is 68.8 Å². The van der Waals surface area contributed by atoms with Crippen molar-refractivity contribution in [3.05, 3.63) is 33.8 Å². The van der Waals surface area contributed by atoms with Crippen molar-refractivity contribution < 1.29 is 4.74 Å². The molecule has 4 aromatic rings. The third kappa shape index (κ3) is 3.79. The summed E-state index contributed by atoms with van der Waals surface area (Å²) in [6.45, 7) is 5.95. The summed E-state index contributed by atoms with van der Waals surface area (Å²) in [4.78, 5) is 13.4. The van der Waals surface area contributed by atoms with Gasteiger partial charge >= 0.3 is 0 Å². The Labute approximate surface area is 199 Å². The molecule has 1 aliphatic heterocycles. The molecular weight excluding hydrogens is 458 g/mol. The van der Waals surface area contributed by atoms with Gasteiger partial charge in [0.15, 0.2) is 11.0 Å². The van der Waals surface area contributed by atoms with E-state index in [1.807, 2.05) is 18.3 Å². The number of fused-ring (bicyclic) bond motifs is 3. The van der Waals surface area contributed by atoms with Crippen LogP contribution < -0.4 is 0 Å². The largest absolute Gasteiger partial charge is 0.376 e. The van der Waals surface area contributed by atoms with E-state index < -0.39 is 0 Å². The predicted octanol–water partition coefficient (Wildman–Crippen LogP) is 5.77. The van der Waals surface area contributed by atoms with Crippen LogP contribution in [0.4, 0.5) is 0 Å². The van der Waals surface area contributed by atoms with Gasteiger partial charge in [-0.2, -0.15) is 0 Å². The van der Waals surface area contributed by atoms with Crippen LogP contribution in [0.5, 0.6) is 0 Å². The Balaban J connectivity index is 1.43. The molecule has 0 spiro atoms. The van der Waals surface area contributed by atoms with E-state index in [1.165, 1.54) is 22.2 Å². The van der Waals surface area contributed by atoms with Crippen LogP contribution in [0.15, 0.2) is 27.7 Å². The Hall–Kier alpha value is -1.81. The van der Waals surface area contributed by atoms with Gasteiger partial charge in [-0.15, -0.1) is 32.9 Å². The summed E-state index contributed by atoms with van der Waals surface area (Å²) in [5.74, 6) is 2.47. The van der Waals surface area contributed by atoms with Crippen molar-refractivity contribution in [1.29, 1.82) is 0 Å². The molecule has 2 atom stereocenters. The fourth-order valence-corrected chi connectivity index (χ4v) is 7.92. The fraction of sp³-hybridized carbons (Fsp3) is 0.478. The zero-order valence-corrected chi connectivity index (χ0v) is 20.7. The number of hydrogen-bond donors (Lipinski definition) is 0. The first-order valence-corrected chi connectivity index (χ1v) is 13.7. The maximum Gasteiger partial charge on any atom is 0.197 e. The highest BCUT2D eigenvalue weighted by Crippen LogP contribution is 2.42. The first-order valence-electron chi connectivity index (χ1n) is 11.2. The standard InChI is InChI=1S/C23H25N5OS3/c1-13-7-8-16-18(11-13)31-21-19(16)22(25-14(2)24-21)32-23-27-26-20(17-6-4-10-30-17)28(23)12-15-5-3-9-29-15/h4,6,10,13,15H,3,5,7-9,11-12H2,1-2H3. The van der Waals surface area contributed by atoms with E-state index in [0.29, 0.717) is 0 Å². The molecular formula is C23H25N5OS3. The van der Waals surface area contributed by atoms with Gasteiger partial charge in [-0.25, -0.2) is 9.97 Å². The Bertz CT molecular complexity index is 1260. The van der Waals surface area contributed by atoms with Crippen molar-refractivity contribution >= 4 is 44.7 Å². The summed E-state index contributed by atoms with van der Waals surface area (Å²) in [6, 6.07) is 4.17. The van der Waals surface area contributed by atoms with Crippen molar-refractivity contribution in [2.75, 3.05) is 6.61 Å².